The lowest BCUT2D eigenvalue weighted by Gasteiger charge is -2.32. The lowest BCUT2D eigenvalue weighted by Crippen LogP contribution is -2.26. The minimum atomic E-state index is -0.447. The molecular weight excluding hydrogens is 691 g/mol. The molecule has 2 nitrogen and oxygen atoms in total. The van der Waals surface area contributed by atoms with Crippen molar-refractivity contribution >= 4 is 39.0 Å². The zero-order valence-electron chi connectivity index (χ0n) is 31.1. The van der Waals surface area contributed by atoms with Crippen LogP contribution in [0.5, 0.6) is 0 Å². The minimum absolute atomic E-state index is 0.447. The summed E-state index contributed by atoms with van der Waals surface area (Å²) in [5, 5.41) is 2.24. The topological polar surface area (TPSA) is 16.4 Å². The van der Waals surface area contributed by atoms with Crippen molar-refractivity contribution in [3.05, 3.63) is 235 Å². The van der Waals surface area contributed by atoms with Gasteiger partial charge in [-0.1, -0.05) is 182 Å². The Morgan fingerprint density at radius 2 is 0.842 bits per heavy atom. The summed E-state index contributed by atoms with van der Waals surface area (Å²) in [4.78, 5) is 2.48. The van der Waals surface area contributed by atoms with E-state index >= 15 is 0 Å². The number of anilines is 3. The smallest absolute Gasteiger partial charge is 0.143 e. The number of rotatable bonds is 5. The van der Waals surface area contributed by atoms with E-state index in [1.54, 1.807) is 0 Å². The number of para-hydroxylation sites is 3. The van der Waals surface area contributed by atoms with Crippen molar-refractivity contribution < 1.29 is 4.42 Å². The molecule has 0 saturated heterocycles. The van der Waals surface area contributed by atoms with Crippen LogP contribution in [0.25, 0.3) is 66.4 Å². The number of furan rings is 1. The summed E-state index contributed by atoms with van der Waals surface area (Å²) in [7, 11) is 0. The summed E-state index contributed by atoms with van der Waals surface area (Å²) in [5.41, 5.74) is 19.6. The first-order valence-corrected chi connectivity index (χ1v) is 19.7. The predicted molar refractivity (Wildman–Crippen MR) is 236 cm³/mol. The van der Waals surface area contributed by atoms with Gasteiger partial charge in [0, 0.05) is 33.2 Å². The highest BCUT2D eigenvalue weighted by molar-refractivity contribution is 6.11. The fraction of sp³-hybridized carbons (Fsp3) is 0.0182. The van der Waals surface area contributed by atoms with Crippen LogP contribution in [0.1, 0.15) is 22.3 Å². The summed E-state index contributed by atoms with van der Waals surface area (Å²) >= 11 is 0. The molecule has 1 heterocycles. The average molecular weight is 726 g/mol. The van der Waals surface area contributed by atoms with E-state index in [0.29, 0.717) is 0 Å². The highest BCUT2D eigenvalue weighted by Gasteiger charge is 2.52. The van der Waals surface area contributed by atoms with E-state index in [1.165, 1.54) is 55.6 Å². The molecular formula is C55H35NO. The van der Waals surface area contributed by atoms with E-state index < -0.39 is 5.41 Å². The molecule has 0 fully saturated rings. The molecule has 266 valence electrons. The molecule has 1 aromatic heterocycles. The van der Waals surface area contributed by atoms with Crippen LogP contribution >= 0.6 is 0 Å². The second-order valence-corrected chi connectivity index (χ2v) is 15.1. The molecule has 9 aromatic carbocycles. The van der Waals surface area contributed by atoms with Crippen LogP contribution in [-0.2, 0) is 5.41 Å². The largest absolute Gasteiger partial charge is 0.455 e. The molecule has 0 amide bonds. The van der Waals surface area contributed by atoms with Crippen molar-refractivity contribution in [3.63, 3.8) is 0 Å². The van der Waals surface area contributed by atoms with Gasteiger partial charge in [-0.25, -0.2) is 0 Å². The van der Waals surface area contributed by atoms with Gasteiger partial charge < -0.3 is 9.32 Å². The standard InChI is InChI=1S/C55H35NO/c1-2-16-36(17-3-1)37-32-34-38(35-33-37)56(50-29-12-7-20-41(50)43-23-14-24-44-42-21-8-13-31-52(42)57-54(43)44)51-30-15-28-49-53(51)45-22-6-11-27-48(45)55(49)46-25-9-4-18-39(46)40-19-5-10-26-47(40)55/h1-35H. The van der Waals surface area contributed by atoms with Crippen LogP contribution in [-0.4, -0.2) is 0 Å². The van der Waals surface area contributed by atoms with Gasteiger partial charge in [-0.2, -0.15) is 0 Å². The Labute approximate surface area is 331 Å². The molecule has 0 N–H and O–H groups in total. The van der Waals surface area contributed by atoms with Crippen LogP contribution in [0.4, 0.5) is 17.1 Å². The van der Waals surface area contributed by atoms with Crippen LogP contribution in [0.2, 0.25) is 0 Å². The molecule has 0 unspecified atom stereocenters. The Kier molecular flexibility index (Phi) is 6.88. The Hall–Kier alpha value is -7.42. The maximum absolute atomic E-state index is 6.68. The molecule has 10 aromatic rings. The molecule has 0 saturated carbocycles. The van der Waals surface area contributed by atoms with Gasteiger partial charge in [0.1, 0.15) is 11.2 Å². The lowest BCUT2D eigenvalue weighted by atomic mass is 9.70. The van der Waals surface area contributed by atoms with Crippen LogP contribution in [0, 0.1) is 0 Å². The van der Waals surface area contributed by atoms with Crippen molar-refractivity contribution in [3.8, 4) is 44.5 Å². The third kappa shape index (κ3) is 4.47. The van der Waals surface area contributed by atoms with E-state index in [4.69, 9.17) is 4.42 Å². The van der Waals surface area contributed by atoms with E-state index in [0.717, 1.165) is 50.1 Å². The zero-order valence-corrected chi connectivity index (χ0v) is 31.1. The van der Waals surface area contributed by atoms with Gasteiger partial charge in [0.05, 0.1) is 16.8 Å². The average Bonchev–Trinajstić information content (AvgIpc) is 3.92. The van der Waals surface area contributed by atoms with Crippen molar-refractivity contribution in [1.29, 1.82) is 0 Å². The number of hydrogen-bond donors (Lipinski definition) is 0. The Morgan fingerprint density at radius 3 is 1.60 bits per heavy atom. The number of fused-ring (bicyclic) bond motifs is 13. The molecule has 2 aliphatic rings. The van der Waals surface area contributed by atoms with Crippen molar-refractivity contribution in [1.82, 2.24) is 0 Å². The Balaban J connectivity index is 1.15. The van der Waals surface area contributed by atoms with Crippen molar-refractivity contribution in [2.45, 2.75) is 5.41 Å². The van der Waals surface area contributed by atoms with Crippen molar-refractivity contribution in [2.24, 2.45) is 0 Å². The van der Waals surface area contributed by atoms with E-state index in [9.17, 15) is 0 Å². The van der Waals surface area contributed by atoms with E-state index in [2.05, 4.69) is 211 Å². The summed E-state index contributed by atoms with van der Waals surface area (Å²) < 4.78 is 6.68. The van der Waals surface area contributed by atoms with E-state index in [-0.39, 0.29) is 0 Å². The second-order valence-electron chi connectivity index (χ2n) is 15.1. The summed E-state index contributed by atoms with van der Waals surface area (Å²) in [6.45, 7) is 0. The fourth-order valence-corrected chi connectivity index (χ4v) is 10.0. The third-order valence-corrected chi connectivity index (χ3v) is 12.3. The molecule has 57 heavy (non-hydrogen) atoms. The quantitative estimate of drug-likeness (QED) is 0.176. The highest BCUT2D eigenvalue weighted by Crippen LogP contribution is 2.64. The van der Waals surface area contributed by atoms with Gasteiger partial charge in [-0.05, 0) is 80.4 Å². The summed E-state index contributed by atoms with van der Waals surface area (Å²) in [6.07, 6.45) is 0. The second kappa shape index (κ2) is 12.3. The van der Waals surface area contributed by atoms with Crippen molar-refractivity contribution in [2.75, 3.05) is 4.90 Å². The molecule has 0 atom stereocenters. The predicted octanol–water partition coefficient (Wildman–Crippen LogP) is 14.7. The number of nitrogens with zero attached hydrogens (tertiary/aromatic N) is 1. The highest BCUT2D eigenvalue weighted by atomic mass is 16.3. The first-order valence-electron chi connectivity index (χ1n) is 19.7. The maximum atomic E-state index is 6.68. The molecule has 2 aliphatic carbocycles. The van der Waals surface area contributed by atoms with Gasteiger partial charge in [0.15, 0.2) is 0 Å². The van der Waals surface area contributed by atoms with Crippen LogP contribution < -0.4 is 4.90 Å². The monoisotopic (exact) mass is 725 g/mol. The van der Waals surface area contributed by atoms with Gasteiger partial charge >= 0.3 is 0 Å². The summed E-state index contributed by atoms with van der Waals surface area (Å²) in [6, 6.07) is 77.4. The number of benzene rings is 9. The molecule has 1 spiro atoms. The Bertz CT molecular complexity index is 3140. The Morgan fingerprint density at radius 1 is 0.333 bits per heavy atom. The first kappa shape index (κ1) is 31.9. The van der Waals surface area contributed by atoms with Gasteiger partial charge in [0.25, 0.3) is 0 Å². The summed E-state index contributed by atoms with van der Waals surface area (Å²) in [5.74, 6) is 0. The molecule has 0 bridgehead atoms. The zero-order chi connectivity index (χ0) is 37.5. The molecule has 2 heteroatoms. The molecule has 0 aliphatic heterocycles. The normalized spacial score (nSPS) is 13.1. The first-order chi connectivity index (χ1) is 28.3. The SMILES string of the molecule is c1ccc(-c2ccc(N(c3ccccc3-c3cccc4c3oc3ccccc34)c3cccc4c3-c3ccccc3C43c4ccccc4-c4ccccc43)cc2)cc1. The molecule has 0 radical (unpaired) electrons. The third-order valence-electron chi connectivity index (χ3n) is 12.3. The van der Waals surface area contributed by atoms with E-state index in [1.807, 2.05) is 6.07 Å². The fourth-order valence-electron chi connectivity index (χ4n) is 10.0. The lowest BCUT2D eigenvalue weighted by molar-refractivity contribution is 0.670. The van der Waals surface area contributed by atoms with Gasteiger partial charge in [-0.3, -0.25) is 0 Å². The maximum Gasteiger partial charge on any atom is 0.143 e. The minimum Gasteiger partial charge on any atom is -0.455 e. The number of hydrogen-bond acceptors (Lipinski definition) is 2. The van der Waals surface area contributed by atoms with Gasteiger partial charge in [0.2, 0.25) is 0 Å². The van der Waals surface area contributed by atoms with Crippen LogP contribution in [0.3, 0.4) is 0 Å². The van der Waals surface area contributed by atoms with Gasteiger partial charge in [-0.15, -0.1) is 0 Å². The molecule has 12 rings (SSSR count). The van der Waals surface area contributed by atoms with Crippen LogP contribution in [0.15, 0.2) is 217 Å².